The van der Waals surface area contributed by atoms with Crippen LogP contribution in [0, 0.1) is 6.92 Å². The fraction of sp³-hybridized carbons (Fsp3) is 0.0870. The number of para-hydroxylation sites is 1. The van der Waals surface area contributed by atoms with Gasteiger partial charge < -0.3 is 15.0 Å². The van der Waals surface area contributed by atoms with Crippen molar-refractivity contribution < 1.29 is 9.90 Å². The number of carbonyl (C=O) groups excluding carboxylic acids is 1. The molecule has 2 aromatic carbocycles. The number of rotatable bonds is 4. The predicted molar refractivity (Wildman–Crippen MR) is 112 cm³/mol. The highest BCUT2D eigenvalue weighted by atomic mass is 16.3. The quantitative estimate of drug-likeness (QED) is 0.561. The number of aryl methyl sites for hydroxylation is 1. The number of hydrogen-bond donors (Lipinski definition) is 2. The van der Waals surface area contributed by atoms with E-state index in [1.54, 1.807) is 49.5 Å². The van der Waals surface area contributed by atoms with Gasteiger partial charge in [-0.15, -0.1) is 0 Å². The number of aromatic hydroxyl groups is 1. The summed E-state index contributed by atoms with van der Waals surface area (Å²) in [5.41, 5.74) is 1.37. The molecular formula is C23H19N3O3. The van der Waals surface area contributed by atoms with Gasteiger partial charge in [0.05, 0.1) is 12.1 Å². The molecule has 0 fully saturated rings. The van der Waals surface area contributed by atoms with Gasteiger partial charge in [0.1, 0.15) is 17.1 Å². The summed E-state index contributed by atoms with van der Waals surface area (Å²) < 4.78 is 1.50. The van der Waals surface area contributed by atoms with Gasteiger partial charge in [-0.2, -0.15) is 0 Å². The van der Waals surface area contributed by atoms with Gasteiger partial charge in [0.15, 0.2) is 0 Å². The molecule has 4 rings (SSSR count). The Kier molecular flexibility index (Phi) is 4.83. The molecule has 6 heteroatoms. The summed E-state index contributed by atoms with van der Waals surface area (Å²) in [6.45, 7) is 2.08. The van der Waals surface area contributed by atoms with Crippen LogP contribution in [-0.4, -0.2) is 20.6 Å². The van der Waals surface area contributed by atoms with E-state index in [1.807, 2.05) is 30.3 Å². The highest BCUT2D eigenvalue weighted by molar-refractivity contribution is 6.08. The zero-order chi connectivity index (χ0) is 20.4. The van der Waals surface area contributed by atoms with E-state index in [2.05, 4.69) is 10.3 Å². The minimum atomic E-state index is -0.693. The van der Waals surface area contributed by atoms with Crippen LogP contribution in [0.2, 0.25) is 0 Å². The summed E-state index contributed by atoms with van der Waals surface area (Å²) in [4.78, 5) is 30.3. The maximum absolute atomic E-state index is 13.2. The molecule has 0 saturated carbocycles. The maximum atomic E-state index is 13.2. The molecular weight excluding hydrogens is 366 g/mol. The van der Waals surface area contributed by atoms with Crippen LogP contribution < -0.4 is 10.9 Å². The van der Waals surface area contributed by atoms with Gasteiger partial charge in [0.25, 0.3) is 11.5 Å². The highest BCUT2D eigenvalue weighted by Crippen LogP contribution is 2.27. The molecule has 29 heavy (non-hydrogen) atoms. The van der Waals surface area contributed by atoms with Crippen LogP contribution in [0.5, 0.6) is 5.75 Å². The van der Waals surface area contributed by atoms with E-state index < -0.39 is 11.5 Å². The summed E-state index contributed by atoms with van der Waals surface area (Å²) in [5, 5.41) is 13.8. The van der Waals surface area contributed by atoms with Crippen LogP contribution in [0.25, 0.3) is 10.9 Å². The van der Waals surface area contributed by atoms with Crippen molar-refractivity contribution in [3.05, 3.63) is 100.0 Å². The van der Waals surface area contributed by atoms with Gasteiger partial charge in [-0.1, -0.05) is 48.5 Å². The van der Waals surface area contributed by atoms with E-state index in [4.69, 9.17) is 0 Å². The second kappa shape index (κ2) is 7.59. The molecule has 1 amide bonds. The third-order valence-corrected chi connectivity index (χ3v) is 4.80. The Bertz CT molecular complexity index is 1260. The lowest BCUT2D eigenvalue weighted by molar-refractivity contribution is 0.102. The number of anilines is 1. The van der Waals surface area contributed by atoms with Crippen molar-refractivity contribution in [1.29, 1.82) is 0 Å². The molecule has 0 bridgehead atoms. The van der Waals surface area contributed by atoms with Crippen molar-refractivity contribution in [2.45, 2.75) is 13.5 Å². The highest BCUT2D eigenvalue weighted by Gasteiger charge is 2.23. The van der Waals surface area contributed by atoms with Gasteiger partial charge in [-0.25, -0.2) is 4.98 Å². The second-order valence-corrected chi connectivity index (χ2v) is 6.74. The summed E-state index contributed by atoms with van der Waals surface area (Å²) >= 11 is 0. The van der Waals surface area contributed by atoms with E-state index in [9.17, 15) is 14.7 Å². The molecule has 4 aromatic rings. The second-order valence-electron chi connectivity index (χ2n) is 6.74. The molecule has 0 unspecified atom stereocenters. The molecule has 6 nitrogen and oxygen atoms in total. The third-order valence-electron chi connectivity index (χ3n) is 4.80. The van der Waals surface area contributed by atoms with Crippen LogP contribution in [-0.2, 0) is 6.54 Å². The van der Waals surface area contributed by atoms with Crippen LogP contribution >= 0.6 is 0 Å². The zero-order valence-corrected chi connectivity index (χ0v) is 15.8. The third kappa shape index (κ3) is 3.48. The molecule has 2 aromatic heterocycles. The first-order chi connectivity index (χ1) is 14.1. The molecule has 0 atom stereocenters. The van der Waals surface area contributed by atoms with Crippen molar-refractivity contribution in [2.75, 3.05) is 5.32 Å². The SMILES string of the molecule is Cc1cccnc1NC(=O)c1c(O)c2ccccc2n(Cc2ccccc2)c1=O. The maximum Gasteiger partial charge on any atom is 0.268 e. The number of pyridine rings is 2. The van der Waals surface area contributed by atoms with E-state index in [0.717, 1.165) is 11.1 Å². The van der Waals surface area contributed by atoms with Gasteiger partial charge in [0.2, 0.25) is 0 Å². The van der Waals surface area contributed by atoms with Crippen LogP contribution in [0.15, 0.2) is 77.7 Å². The molecule has 0 saturated heterocycles. The largest absolute Gasteiger partial charge is 0.506 e. The molecule has 0 aliphatic rings. The van der Waals surface area contributed by atoms with Gasteiger partial charge in [0, 0.05) is 11.6 Å². The van der Waals surface area contributed by atoms with Crippen molar-refractivity contribution in [1.82, 2.24) is 9.55 Å². The fourth-order valence-electron chi connectivity index (χ4n) is 3.30. The Labute approximate surface area is 167 Å². The summed E-state index contributed by atoms with van der Waals surface area (Å²) in [7, 11) is 0. The van der Waals surface area contributed by atoms with Crippen LogP contribution in [0.4, 0.5) is 5.82 Å². The molecule has 2 N–H and O–H groups in total. The fourth-order valence-corrected chi connectivity index (χ4v) is 3.30. The molecule has 0 aliphatic heterocycles. The number of fused-ring (bicyclic) bond motifs is 1. The monoisotopic (exact) mass is 385 g/mol. The number of carbonyl (C=O) groups is 1. The van der Waals surface area contributed by atoms with Crippen LogP contribution in [0.1, 0.15) is 21.5 Å². The standard InChI is InChI=1S/C23H19N3O3/c1-15-8-7-13-24-21(15)25-22(28)19-20(27)17-11-5-6-12-18(17)26(23(19)29)14-16-9-3-2-4-10-16/h2-13,27H,14H2,1H3,(H,24,25,28). The average molecular weight is 385 g/mol. The summed E-state index contributed by atoms with van der Waals surface area (Å²) in [5.74, 6) is -0.679. The lowest BCUT2D eigenvalue weighted by atomic mass is 10.1. The van der Waals surface area contributed by atoms with Crippen molar-refractivity contribution in [3.63, 3.8) is 0 Å². The Morgan fingerprint density at radius 2 is 1.76 bits per heavy atom. The number of nitrogens with one attached hydrogen (secondary N) is 1. The molecule has 144 valence electrons. The molecule has 0 aliphatic carbocycles. The Hall–Kier alpha value is -3.93. The van der Waals surface area contributed by atoms with E-state index in [-0.39, 0.29) is 17.9 Å². The average Bonchev–Trinajstić information content (AvgIpc) is 2.74. The van der Waals surface area contributed by atoms with Crippen LogP contribution in [0.3, 0.4) is 0 Å². The number of hydrogen-bond acceptors (Lipinski definition) is 4. The number of aromatic nitrogens is 2. The first-order valence-corrected chi connectivity index (χ1v) is 9.17. The lowest BCUT2D eigenvalue weighted by Gasteiger charge is -2.15. The van der Waals surface area contributed by atoms with E-state index in [0.29, 0.717) is 16.7 Å². The van der Waals surface area contributed by atoms with Gasteiger partial charge in [-0.3, -0.25) is 9.59 Å². The predicted octanol–water partition coefficient (Wildman–Crippen LogP) is 3.71. The van der Waals surface area contributed by atoms with Gasteiger partial charge in [-0.05, 0) is 36.2 Å². The number of amides is 1. The number of benzene rings is 2. The van der Waals surface area contributed by atoms with E-state index in [1.165, 1.54) is 4.57 Å². The minimum Gasteiger partial charge on any atom is -0.506 e. The van der Waals surface area contributed by atoms with E-state index >= 15 is 0 Å². The first kappa shape index (κ1) is 18.4. The lowest BCUT2D eigenvalue weighted by Crippen LogP contribution is -2.30. The molecule has 0 spiro atoms. The topological polar surface area (TPSA) is 84.2 Å². The Morgan fingerprint density at radius 1 is 1.03 bits per heavy atom. The Morgan fingerprint density at radius 3 is 2.52 bits per heavy atom. The Balaban J connectivity index is 1.87. The number of nitrogens with zero attached hydrogens (tertiary/aromatic N) is 2. The van der Waals surface area contributed by atoms with Crippen molar-refractivity contribution in [3.8, 4) is 5.75 Å². The minimum absolute atomic E-state index is 0.281. The normalized spacial score (nSPS) is 10.8. The van der Waals surface area contributed by atoms with Crippen molar-refractivity contribution in [2.24, 2.45) is 0 Å². The molecule has 0 radical (unpaired) electrons. The zero-order valence-electron chi connectivity index (χ0n) is 15.8. The summed E-state index contributed by atoms with van der Waals surface area (Å²) in [6, 6.07) is 20.0. The van der Waals surface area contributed by atoms with Crippen molar-refractivity contribution >= 4 is 22.6 Å². The smallest absolute Gasteiger partial charge is 0.268 e. The molecule has 2 heterocycles. The summed E-state index contributed by atoms with van der Waals surface area (Å²) in [6.07, 6.45) is 1.55. The van der Waals surface area contributed by atoms with Gasteiger partial charge >= 0.3 is 0 Å². The first-order valence-electron chi connectivity index (χ1n) is 9.17.